The maximum atomic E-state index is 6.21. The zero-order valence-electron chi connectivity index (χ0n) is 13.1. The van der Waals surface area contributed by atoms with Crippen LogP contribution in [0.5, 0.6) is 11.5 Å². The fraction of sp³-hybridized carbons (Fsp3) is 0.111. The highest BCUT2D eigenvalue weighted by Gasteiger charge is 2.16. The Bertz CT molecular complexity index is 1070. The van der Waals surface area contributed by atoms with E-state index >= 15 is 0 Å². The van der Waals surface area contributed by atoms with Crippen molar-refractivity contribution in [3.8, 4) is 17.4 Å². The van der Waals surface area contributed by atoms with Crippen molar-refractivity contribution in [2.75, 3.05) is 6.79 Å². The lowest BCUT2D eigenvalue weighted by molar-refractivity contribution is 0.174. The van der Waals surface area contributed by atoms with Gasteiger partial charge in [0.25, 0.3) is 0 Å². The molecule has 0 saturated carbocycles. The Morgan fingerprint density at radius 3 is 2.88 bits per heavy atom. The van der Waals surface area contributed by atoms with Crippen molar-refractivity contribution in [2.45, 2.75) is 6.54 Å². The highest BCUT2D eigenvalue weighted by atomic mass is 35.5. The first-order chi connectivity index (χ1) is 12.3. The molecule has 0 amide bonds. The molecule has 7 heteroatoms. The quantitative estimate of drug-likeness (QED) is 0.564. The normalized spacial score (nSPS) is 12.8. The lowest BCUT2D eigenvalue weighted by atomic mass is 10.2. The smallest absolute Gasteiger partial charge is 0.231 e. The van der Waals surface area contributed by atoms with Crippen molar-refractivity contribution in [2.24, 2.45) is 0 Å². The first-order valence-electron chi connectivity index (χ1n) is 7.80. The Labute approximate surface area is 148 Å². The molecule has 3 heterocycles. The van der Waals surface area contributed by atoms with Gasteiger partial charge in [-0.2, -0.15) is 0 Å². The summed E-state index contributed by atoms with van der Waals surface area (Å²) in [6, 6.07) is 11.7. The first kappa shape index (κ1) is 14.4. The molecule has 0 spiro atoms. The molecule has 2 aromatic carbocycles. The molecule has 25 heavy (non-hydrogen) atoms. The lowest BCUT2D eigenvalue weighted by Crippen LogP contribution is -2.07. The number of fused-ring (bicyclic) bond motifs is 2. The number of nitrogens with zero attached hydrogens (tertiary/aromatic N) is 4. The molecule has 0 aliphatic carbocycles. The van der Waals surface area contributed by atoms with Gasteiger partial charge in [0.15, 0.2) is 11.5 Å². The van der Waals surface area contributed by atoms with Gasteiger partial charge in [0.05, 0.1) is 17.6 Å². The summed E-state index contributed by atoms with van der Waals surface area (Å²) in [5.74, 6) is 2.33. The van der Waals surface area contributed by atoms with Crippen molar-refractivity contribution in [1.82, 2.24) is 19.1 Å². The van der Waals surface area contributed by atoms with Crippen LogP contribution in [-0.4, -0.2) is 25.9 Å². The fourth-order valence-corrected chi connectivity index (χ4v) is 3.20. The largest absolute Gasteiger partial charge is 0.454 e. The third kappa shape index (κ3) is 2.42. The molecule has 5 rings (SSSR count). The predicted molar refractivity (Wildman–Crippen MR) is 93.5 cm³/mol. The zero-order chi connectivity index (χ0) is 16.8. The molecule has 4 aromatic rings. The van der Waals surface area contributed by atoms with Gasteiger partial charge in [0, 0.05) is 17.4 Å². The Kier molecular flexibility index (Phi) is 3.18. The van der Waals surface area contributed by atoms with Gasteiger partial charge in [-0.1, -0.05) is 17.7 Å². The van der Waals surface area contributed by atoms with E-state index in [2.05, 4.69) is 9.55 Å². The Hall–Kier alpha value is -2.99. The summed E-state index contributed by atoms with van der Waals surface area (Å²) < 4.78 is 14.9. The number of ether oxygens (including phenoxy) is 2. The van der Waals surface area contributed by atoms with E-state index in [0.717, 1.165) is 34.0 Å². The van der Waals surface area contributed by atoms with Gasteiger partial charge in [-0.25, -0.2) is 9.97 Å². The van der Waals surface area contributed by atoms with Gasteiger partial charge in [-0.15, -0.1) is 0 Å². The fourth-order valence-electron chi connectivity index (χ4n) is 3.04. The molecule has 1 aliphatic rings. The maximum Gasteiger partial charge on any atom is 0.231 e. The molecule has 0 unspecified atom stereocenters. The van der Waals surface area contributed by atoms with Gasteiger partial charge in [0.2, 0.25) is 12.7 Å². The Balaban J connectivity index is 1.66. The van der Waals surface area contributed by atoms with Crippen LogP contribution in [0.15, 0.2) is 55.1 Å². The van der Waals surface area contributed by atoms with E-state index < -0.39 is 0 Å². The summed E-state index contributed by atoms with van der Waals surface area (Å²) in [5.41, 5.74) is 2.94. The highest BCUT2D eigenvalue weighted by molar-refractivity contribution is 6.31. The van der Waals surface area contributed by atoms with Crippen LogP contribution in [0.1, 0.15) is 5.56 Å². The second-order valence-electron chi connectivity index (χ2n) is 5.79. The van der Waals surface area contributed by atoms with E-state index in [0.29, 0.717) is 11.6 Å². The molecule has 2 aromatic heterocycles. The van der Waals surface area contributed by atoms with Crippen molar-refractivity contribution < 1.29 is 9.47 Å². The van der Waals surface area contributed by atoms with Crippen LogP contribution in [0.25, 0.3) is 17.0 Å². The minimum absolute atomic E-state index is 0.267. The highest BCUT2D eigenvalue weighted by Crippen LogP contribution is 2.33. The first-order valence-corrected chi connectivity index (χ1v) is 8.18. The number of hydrogen-bond donors (Lipinski definition) is 0. The van der Waals surface area contributed by atoms with E-state index in [1.165, 1.54) is 0 Å². The molecule has 0 fully saturated rings. The summed E-state index contributed by atoms with van der Waals surface area (Å²) in [6.07, 6.45) is 5.34. The van der Waals surface area contributed by atoms with Crippen LogP contribution in [0.2, 0.25) is 5.02 Å². The number of aromatic nitrogens is 4. The molecular formula is C18H13ClN4O2. The summed E-state index contributed by atoms with van der Waals surface area (Å²) in [7, 11) is 0. The number of hydrogen-bond acceptors (Lipinski definition) is 4. The van der Waals surface area contributed by atoms with Crippen LogP contribution < -0.4 is 9.47 Å². The zero-order valence-corrected chi connectivity index (χ0v) is 13.8. The van der Waals surface area contributed by atoms with Crippen LogP contribution in [0.3, 0.4) is 0 Å². The molecule has 0 bridgehead atoms. The second kappa shape index (κ2) is 5.53. The standard InChI is InChI=1S/C18H13ClN4O2/c19-13-2-3-14-15(8-13)23(18(21-14)22-6-5-20-10-22)9-12-1-4-16-17(7-12)25-11-24-16/h1-8,10H,9,11H2. The minimum atomic E-state index is 0.267. The van der Waals surface area contributed by atoms with Crippen LogP contribution >= 0.6 is 11.6 Å². The van der Waals surface area contributed by atoms with Crippen molar-refractivity contribution >= 4 is 22.6 Å². The predicted octanol–water partition coefficient (Wildman–Crippen LogP) is 3.65. The van der Waals surface area contributed by atoms with Gasteiger partial charge < -0.3 is 14.0 Å². The molecule has 0 saturated heterocycles. The topological polar surface area (TPSA) is 54.1 Å². The molecule has 0 atom stereocenters. The summed E-state index contributed by atoms with van der Waals surface area (Å²) >= 11 is 6.21. The monoisotopic (exact) mass is 352 g/mol. The average molecular weight is 353 g/mol. The van der Waals surface area contributed by atoms with Gasteiger partial charge in [-0.3, -0.25) is 4.57 Å². The number of imidazole rings is 2. The third-order valence-corrected chi connectivity index (χ3v) is 4.44. The van der Waals surface area contributed by atoms with Crippen molar-refractivity contribution in [1.29, 1.82) is 0 Å². The SMILES string of the molecule is Clc1ccc2nc(-n3ccnc3)n(Cc3ccc4c(c3)OCO4)c2c1. The van der Waals surface area contributed by atoms with Crippen molar-refractivity contribution in [3.63, 3.8) is 0 Å². The minimum Gasteiger partial charge on any atom is -0.454 e. The van der Waals surface area contributed by atoms with Gasteiger partial charge in [0.1, 0.15) is 6.33 Å². The molecule has 124 valence electrons. The number of halogens is 1. The molecular weight excluding hydrogens is 340 g/mol. The molecule has 0 N–H and O–H groups in total. The summed E-state index contributed by atoms with van der Waals surface area (Å²) in [5, 5.41) is 0.677. The van der Waals surface area contributed by atoms with E-state index in [1.54, 1.807) is 12.5 Å². The van der Waals surface area contributed by atoms with Crippen LogP contribution in [0.4, 0.5) is 0 Å². The lowest BCUT2D eigenvalue weighted by Gasteiger charge is -2.10. The molecule has 1 aliphatic heterocycles. The average Bonchev–Trinajstić information content (AvgIpc) is 3.34. The Morgan fingerprint density at radius 1 is 1.08 bits per heavy atom. The van der Waals surface area contributed by atoms with E-state index in [-0.39, 0.29) is 6.79 Å². The number of benzene rings is 2. The number of rotatable bonds is 3. The van der Waals surface area contributed by atoms with E-state index in [9.17, 15) is 0 Å². The molecule has 0 radical (unpaired) electrons. The summed E-state index contributed by atoms with van der Waals surface area (Å²) in [4.78, 5) is 8.86. The maximum absolute atomic E-state index is 6.21. The van der Waals surface area contributed by atoms with E-state index in [1.807, 2.05) is 47.2 Å². The van der Waals surface area contributed by atoms with Gasteiger partial charge >= 0.3 is 0 Å². The summed E-state index contributed by atoms with van der Waals surface area (Å²) in [6.45, 7) is 0.893. The van der Waals surface area contributed by atoms with Crippen molar-refractivity contribution in [3.05, 3.63) is 65.7 Å². The Morgan fingerprint density at radius 2 is 2.00 bits per heavy atom. The van der Waals surface area contributed by atoms with E-state index in [4.69, 9.17) is 26.1 Å². The van der Waals surface area contributed by atoms with Gasteiger partial charge in [-0.05, 0) is 35.9 Å². The molecule has 6 nitrogen and oxygen atoms in total. The third-order valence-electron chi connectivity index (χ3n) is 4.20. The second-order valence-corrected chi connectivity index (χ2v) is 6.22. The van der Waals surface area contributed by atoms with Crippen LogP contribution in [0, 0.1) is 0 Å². The van der Waals surface area contributed by atoms with Crippen LogP contribution in [-0.2, 0) is 6.54 Å².